The molecule has 1 aromatic carbocycles. The van der Waals surface area contributed by atoms with Crippen LogP contribution in [0.2, 0.25) is 0 Å². The molecule has 1 atom stereocenters. The van der Waals surface area contributed by atoms with E-state index in [1.54, 1.807) is 12.4 Å². The number of carbonyl (C=O) groups is 2. The van der Waals surface area contributed by atoms with E-state index in [2.05, 4.69) is 26.3 Å². The van der Waals surface area contributed by atoms with Gasteiger partial charge in [0.2, 0.25) is 5.91 Å². The zero-order valence-corrected chi connectivity index (χ0v) is 18.4. The van der Waals surface area contributed by atoms with Crippen LogP contribution in [0.1, 0.15) is 30.4 Å². The van der Waals surface area contributed by atoms with Crippen molar-refractivity contribution in [1.82, 2.24) is 20.9 Å². The van der Waals surface area contributed by atoms with Crippen molar-refractivity contribution >= 4 is 42.4 Å². The SMILES string of the molecule is Cl.Cl.O=C(CCC1CCNC1)NCc1cccc(NC(=O)NCc2ccncc2)c1. The quantitative estimate of drug-likeness (QED) is 0.493. The third-order valence-electron chi connectivity index (χ3n) is 4.82. The Morgan fingerprint density at radius 3 is 2.53 bits per heavy atom. The number of urea groups is 1. The van der Waals surface area contributed by atoms with Gasteiger partial charge in [-0.05, 0) is 67.2 Å². The topological polar surface area (TPSA) is 95.2 Å². The zero-order valence-electron chi connectivity index (χ0n) is 16.7. The van der Waals surface area contributed by atoms with Crippen LogP contribution in [0.3, 0.4) is 0 Å². The smallest absolute Gasteiger partial charge is 0.319 e. The first-order valence-corrected chi connectivity index (χ1v) is 9.69. The van der Waals surface area contributed by atoms with Crippen molar-refractivity contribution in [3.05, 3.63) is 59.9 Å². The molecule has 0 bridgehead atoms. The third kappa shape index (κ3) is 8.98. The first-order valence-electron chi connectivity index (χ1n) is 9.69. The summed E-state index contributed by atoms with van der Waals surface area (Å²) in [6, 6.07) is 10.9. The van der Waals surface area contributed by atoms with Gasteiger partial charge in [-0.25, -0.2) is 4.79 Å². The number of amides is 3. The van der Waals surface area contributed by atoms with Gasteiger partial charge < -0.3 is 21.3 Å². The summed E-state index contributed by atoms with van der Waals surface area (Å²) in [6.45, 7) is 2.96. The maximum atomic E-state index is 12.1. The fourth-order valence-corrected chi connectivity index (χ4v) is 3.20. The van der Waals surface area contributed by atoms with Crippen LogP contribution in [-0.2, 0) is 17.9 Å². The van der Waals surface area contributed by atoms with Crippen molar-refractivity contribution in [1.29, 1.82) is 0 Å². The Hall–Kier alpha value is -2.35. The van der Waals surface area contributed by atoms with Gasteiger partial charge in [-0.15, -0.1) is 24.8 Å². The number of carbonyl (C=O) groups excluding carboxylic acids is 2. The average Bonchev–Trinajstić information content (AvgIpc) is 3.24. The van der Waals surface area contributed by atoms with Gasteiger partial charge in [-0.3, -0.25) is 9.78 Å². The summed E-state index contributed by atoms with van der Waals surface area (Å²) in [6.07, 6.45) is 6.03. The number of hydrogen-bond acceptors (Lipinski definition) is 4. The molecule has 0 radical (unpaired) electrons. The van der Waals surface area contributed by atoms with Crippen LogP contribution >= 0.6 is 24.8 Å². The molecule has 1 aliphatic heterocycles. The molecule has 1 fully saturated rings. The van der Waals surface area contributed by atoms with Crippen molar-refractivity contribution in [2.45, 2.75) is 32.4 Å². The highest BCUT2D eigenvalue weighted by atomic mass is 35.5. The standard InChI is InChI=1S/C21H27N5O2.2ClH/c27-20(5-4-16-8-11-23-13-16)24-15-18-2-1-3-19(12-18)26-21(28)25-14-17-6-9-22-10-7-17;;/h1-3,6-7,9-10,12,16,23H,4-5,8,11,13-15H2,(H,24,27)(H2,25,26,28);2*1H. The molecule has 0 saturated carbocycles. The lowest BCUT2D eigenvalue weighted by atomic mass is 10.0. The number of nitrogens with one attached hydrogen (secondary N) is 4. The van der Waals surface area contributed by atoms with E-state index < -0.39 is 0 Å². The molecule has 30 heavy (non-hydrogen) atoms. The average molecular weight is 454 g/mol. The number of pyridine rings is 1. The van der Waals surface area contributed by atoms with Gasteiger partial charge in [0.1, 0.15) is 0 Å². The highest BCUT2D eigenvalue weighted by Gasteiger charge is 2.15. The van der Waals surface area contributed by atoms with E-state index in [4.69, 9.17) is 0 Å². The summed E-state index contributed by atoms with van der Waals surface area (Å²) in [5.74, 6) is 0.685. The summed E-state index contributed by atoms with van der Waals surface area (Å²) < 4.78 is 0. The lowest BCUT2D eigenvalue weighted by Crippen LogP contribution is -2.28. The summed E-state index contributed by atoms with van der Waals surface area (Å²) in [7, 11) is 0. The van der Waals surface area contributed by atoms with Gasteiger partial charge >= 0.3 is 6.03 Å². The molecule has 1 unspecified atom stereocenters. The van der Waals surface area contributed by atoms with Gasteiger partial charge in [0.05, 0.1) is 0 Å². The summed E-state index contributed by atoms with van der Waals surface area (Å²) in [5, 5.41) is 11.9. The van der Waals surface area contributed by atoms with Crippen molar-refractivity contribution in [3.63, 3.8) is 0 Å². The Kier molecular flexibility index (Phi) is 11.8. The molecular weight excluding hydrogens is 425 g/mol. The maximum Gasteiger partial charge on any atom is 0.319 e. The minimum absolute atomic E-state index is 0. The van der Waals surface area contributed by atoms with Gasteiger partial charge in [0, 0.05) is 37.6 Å². The molecule has 1 aromatic heterocycles. The van der Waals surface area contributed by atoms with Gasteiger partial charge in [0.25, 0.3) is 0 Å². The minimum Gasteiger partial charge on any atom is -0.352 e. The van der Waals surface area contributed by atoms with Gasteiger partial charge in [-0.2, -0.15) is 0 Å². The van der Waals surface area contributed by atoms with E-state index >= 15 is 0 Å². The van der Waals surface area contributed by atoms with Crippen LogP contribution < -0.4 is 21.3 Å². The number of hydrogen-bond donors (Lipinski definition) is 4. The lowest BCUT2D eigenvalue weighted by molar-refractivity contribution is -0.121. The Morgan fingerprint density at radius 2 is 1.80 bits per heavy atom. The molecule has 7 nitrogen and oxygen atoms in total. The van der Waals surface area contributed by atoms with E-state index in [1.807, 2.05) is 36.4 Å². The second-order valence-electron chi connectivity index (χ2n) is 7.04. The molecule has 9 heteroatoms. The van der Waals surface area contributed by atoms with Crippen LogP contribution in [0.5, 0.6) is 0 Å². The van der Waals surface area contributed by atoms with E-state index in [1.165, 1.54) is 0 Å². The fourth-order valence-electron chi connectivity index (χ4n) is 3.20. The van der Waals surface area contributed by atoms with Crippen LogP contribution in [0.4, 0.5) is 10.5 Å². The number of halogens is 2. The Bertz CT molecular complexity index is 786. The summed E-state index contributed by atoms with van der Waals surface area (Å²) >= 11 is 0. The Labute approximate surface area is 189 Å². The van der Waals surface area contributed by atoms with Gasteiger partial charge in [-0.1, -0.05) is 12.1 Å². The van der Waals surface area contributed by atoms with E-state index in [0.717, 1.165) is 37.1 Å². The third-order valence-corrected chi connectivity index (χ3v) is 4.82. The molecule has 0 aliphatic carbocycles. The minimum atomic E-state index is -0.275. The molecule has 0 spiro atoms. The molecule has 4 N–H and O–H groups in total. The molecule has 3 rings (SSSR count). The summed E-state index contributed by atoms with van der Waals surface area (Å²) in [4.78, 5) is 28.1. The van der Waals surface area contributed by atoms with Crippen molar-refractivity contribution in [2.75, 3.05) is 18.4 Å². The van der Waals surface area contributed by atoms with Crippen molar-refractivity contribution < 1.29 is 9.59 Å². The van der Waals surface area contributed by atoms with Gasteiger partial charge in [0.15, 0.2) is 0 Å². The van der Waals surface area contributed by atoms with Crippen LogP contribution in [0.15, 0.2) is 48.8 Å². The van der Waals surface area contributed by atoms with Crippen molar-refractivity contribution in [2.24, 2.45) is 5.92 Å². The molecule has 3 amide bonds. The normalized spacial score (nSPS) is 14.7. The number of nitrogens with zero attached hydrogens (tertiary/aromatic N) is 1. The molecule has 1 saturated heterocycles. The number of benzene rings is 1. The second kappa shape index (κ2) is 13.8. The molecule has 164 valence electrons. The fraction of sp³-hybridized carbons (Fsp3) is 0.381. The molecule has 2 aromatic rings. The first-order chi connectivity index (χ1) is 13.7. The second-order valence-corrected chi connectivity index (χ2v) is 7.04. The monoisotopic (exact) mass is 453 g/mol. The number of rotatable bonds is 8. The number of aromatic nitrogens is 1. The van der Waals surface area contributed by atoms with E-state index in [-0.39, 0.29) is 36.8 Å². The molecule has 2 heterocycles. The highest BCUT2D eigenvalue weighted by Crippen LogP contribution is 2.14. The van der Waals surface area contributed by atoms with Crippen LogP contribution in [0, 0.1) is 5.92 Å². The first kappa shape index (κ1) is 25.7. The maximum absolute atomic E-state index is 12.1. The van der Waals surface area contributed by atoms with E-state index in [9.17, 15) is 9.59 Å². The van der Waals surface area contributed by atoms with Crippen LogP contribution in [-0.4, -0.2) is 30.0 Å². The Balaban J connectivity index is 0.00000225. The lowest BCUT2D eigenvalue weighted by Gasteiger charge is -2.11. The predicted octanol–water partition coefficient (Wildman–Crippen LogP) is 3.25. The number of anilines is 1. The van der Waals surface area contributed by atoms with E-state index in [0.29, 0.717) is 31.1 Å². The zero-order chi connectivity index (χ0) is 19.6. The Morgan fingerprint density at radius 1 is 1.03 bits per heavy atom. The largest absolute Gasteiger partial charge is 0.352 e. The van der Waals surface area contributed by atoms with Crippen LogP contribution in [0.25, 0.3) is 0 Å². The molecule has 1 aliphatic rings. The highest BCUT2D eigenvalue weighted by molar-refractivity contribution is 5.89. The predicted molar refractivity (Wildman–Crippen MR) is 123 cm³/mol. The van der Waals surface area contributed by atoms with Crippen molar-refractivity contribution in [3.8, 4) is 0 Å². The molecular formula is C21H29Cl2N5O2. The summed E-state index contributed by atoms with van der Waals surface area (Å²) in [5.41, 5.74) is 2.62.